The average Bonchev–Trinajstić information content (AvgIpc) is 2.47. The molecule has 0 aliphatic carbocycles. The van der Waals surface area contributed by atoms with Crippen LogP contribution in [-0.4, -0.2) is 9.67 Å². The van der Waals surface area contributed by atoms with Crippen LogP contribution in [0.15, 0.2) is 57.8 Å². The van der Waals surface area contributed by atoms with Crippen LogP contribution >= 0.6 is 15.9 Å². The van der Waals surface area contributed by atoms with Crippen LogP contribution in [0.2, 0.25) is 0 Å². The number of aromatic nitrogens is 1. The van der Waals surface area contributed by atoms with Crippen molar-refractivity contribution in [1.82, 2.24) is 4.57 Å². The Balaban J connectivity index is 2.49. The van der Waals surface area contributed by atoms with Crippen LogP contribution in [0.1, 0.15) is 0 Å². The SMILES string of the molecule is Cn1c(-c2ccccc2O)c(Br)c2ccccc2c1=O. The Labute approximate surface area is 124 Å². The molecule has 4 heteroatoms. The first-order chi connectivity index (χ1) is 9.61. The van der Waals surface area contributed by atoms with E-state index >= 15 is 0 Å². The smallest absolute Gasteiger partial charge is 0.258 e. The lowest BCUT2D eigenvalue weighted by atomic mass is 10.1. The van der Waals surface area contributed by atoms with Crippen molar-refractivity contribution in [2.75, 3.05) is 0 Å². The lowest BCUT2D eigenvalue weighted by Crippen LogP contribution is -2.19. The predicted molar refractivity (Wildman–Crippen MR) is 84.0 cm³/mol. The molecular formula is C16H12BrNO2. The molecule has 1 N–H and O–H groups in total. The second-order valence-corrected chi connectivity index (χ2v) is 5.38. The van der Waals surface area contributed by atoms with Crippen LogP contribution in [0.4, 0.5) is 0 Å². The summed E-state index contributed by atoms with van der Waals surface area (Å²) in [5, 5.41) is 11.5. The van der Waals surface area contributed by atoms with E-state index < -0.39 is 0 Å². The summed E-state index contributed by atoms with van der Waals surface area (Å²) in [6.45, 7) is 0. The number of nitrogens with zero attached hydrogens (tertiary/aromatic N) is 1. The molecule has 100 valence electrons. The lowest BCUT2D eigenvalue weighted by molar-refractivity contribution is 0.476. The van der Waals surface area contributed by atoms with Crippen LogP contribution in [0.25, 0.3) is 22.0 Å². The first-order valence-electron chi connectivity index (χ1n) is 6.17. The van der Waals surface area contributed by atoms with E-state index in [1.165, 1.54) is 0 Å². The number of phenols is 1. The predicted octanol–water partition coefficient (Wildman–Crippen LogP) is 3.67. The van der Waals surface area contributed by atoms with Gasteiger partial charge < -0.3 is 9.67 Å². The molecule has 0 saturated carbocycles. The van der Waals surface area contributed by atoms with Gasteiger partial charge in [-0.2, -0.15) is 0 Å². The zero-order valence-electron chi connectivity index (χ0n) is 10.8. The van der Waals surface area contributed by atoms with Crippen molar-refractivity contribution in [3.05, 3.63) is 63.4 Å². The van der Waals surface area contributed by atoms with Gasteiger partial charge in [-0.15, -0.1) is 0 Å². The first kappa shape index (κ1) is 12.9. The zero-order chi connectivity index (χ0) is 14.3. The Morgan fingerprint density at radius 3 is 2.30 bits per heavy atom. The quantitative estimate of drug-likeness (QED) is 0.740. The second kappa shape index (κ2) is 4.80. The number of halogens is 1. The fourth-order valence-corrected chi connectivity index (χ4v) is 3.22. The van der Waals surface area contributed by atoms with E-state index in [-0.39, 0.29) is 11.3 Å². The molecule has 2 aromatic carbocycles. The summed E-state index contributed by atoms with van der Waals surface area (Å²) in [7, 11) is 1.71. The van der Waals surface area contributed by atoms with Crippen LogP contribution in [0, 0.1) is 0 Å². The van der Waals surface area contributed by atoms with E-state index in [1.807, 2.05) is 24.3 Å². The summed E-state index contributed by atoms with van der Waals surface area (Å²) in [5.41, 5.74) is 1.22. The van der Waals surface area contributed by atoms with Gasteiger partial charge in [0.2, 0.25) is 0 Å². The summed E-state index contributed by atoms with van der Waals surface area (Å²) in [4.78, 5) is 12.4. The molecule has 3 rings (SSSR count). The standard InChI is InChI=1S/C16H12BrNO2/c1-18-15(12-8-4-5-9-13(12)19)14(17)10-6-2-3-7-11(10)16(18)20/h2-9,19H,1H3. The van der Waals surface area contributed by atoms with E-state index in [2.05, 4.69) is 15.9 Å². The van der Waals surface area contributed by atoms with E-state index in [0.717, 1.165) is 9.86 Å². The highest BCUT2D eigenvalue weighted by molar-refractivity contribution is 9.10. The first-order valence-corrected chi connectivity index (χ1v) is 6.96. The highest BCUT2D eigenvalue weighted by Gasteiger charge is 2.16. The van der Waals surface area contributed by atoms with Gasteiger partial charge >= 0.3 is 0 Å². The Hall–Kier alpha value is -2.07. The highest BCUT2D eigenvalue weighted by atomic mass is 79.9. The number of aromatic hydroxyl groups is 1. The number of phenolic OH excluding ortho intramolecular Hbond substituents is 1. The van der Waals surface area contributed by atoms with E-state index in [9.17, 15) is 9.90 Å². The van der Waals surface area contributed by atoms with Crippen LogP contribution < -0.4 is 5.56 Å². The largest absolute Gasteiger partial charge is 0.507 e. The van der Waals surface area contributed by atoms with Gasteiger partial charge in [-0.3, -0.25) is 4.79 Å². The molecule has 0 aliphatic rings. The van der Waals surface area contributed by atoms with Gasteiger partial charge in [0.25, 0.3) is 5.56 Å². The molecule has 0 unspecified atom stereocenters. The number of pyridine rings is 1. The zero-order valence-corrected chi connectivity index (χ0v) is 12.4. The molecule has 3 aromatic rings. The number of hydrogen-bond acceptors (Lipinski definition) is 2. The maximum atomic E-state index is 12.4. The Bertz CT molecular complexity index is 868. The molecule has 0 amide bonds. The number of hydrogen-bond donors (Lipinski definition) is 1. The molecule has 0 radical (unpaired) electrons. The molecule has 0 spiro atoms. The number of fused-ring (bicyclic) bond motifs is 1. The Morgan fingerprint density at radius 2 is 1.60 bits per heavy atom. The fraction of sp³-hybridized carbons (Fsp3) is 0.0625. The van der Waals surface area contributed by atoms with Crippen molar-refractivity contribution >= 4 is 26.7 Å². The van der Waals surface area contributed by atoms with E-state index in [4.69, 9.17) is 0 Å². The molecule has 0 aliphatic heterocycles. The maximum Gasteiger partial charge on any atom is 0.258 e. The van der Waals surface area contributed by atoms with E-state index in [0.29, 0.717) is 16.6 Å². The Kier molecular flexibility index (Phi) is 3.10. The van der Waals surface area contributed by atoms with E-state index in [1.54, 1.807) is 35.9 Å². The minimum Gasteiger partial charge on any atom is -0.507 e. The fourth-order valence-electron chi connectivity index (χ4n) is 2.39. The van der Waals surface area contributed by atoms with Crippen molar-refractivity contribution < 1.29 is 5.11 Å². The average molecular weight is 330 g/mol. The van der Waals surface area contributed by atoms with Crippen LogP contribution in [-0.2, 0) is 7.05 Å². The molecule has 1 aromatic heterocycles. The summed E-state index contributed by atoms with van der Waals surface area (Å²) in [5.74, 6) is 0.151. The normalized spacial score (nSPS) is 10.9. The van der Waals surface area contributed by atoms with Crippen molar-refractivity contribution in [1.29, 1.82) is 0 Å². The molecule has 0 bridgehead atoms. The van der Waals surface area contributed by atoms with Crippen molar-refractivity contribution in [2.24, 2.45) is 7.05 Å². The van der Waals surface area contributed by atoms with Gasteiger partial charge in [0.1, 0.15) is 5.75 Å². The van der Waals surface area contributed by atoms with Crippen LogP contribution in [0.5, 0.6) is 5.75 Å². The van der Waals surface area contributed by atoms with Crippen LogP contribution in [0.3, 0.4) is 0 Å². The second-order valence-electron chi connectivity index (χ2n) is 4.59. The van der Waals surface area contributed by atoms with Gasteiger partial charge in [-0.05, 0) is 34.1 Å². The molecule has 0 fully saturated rings. The Morgan fingerprint density at radius 1 is 1.00 bits per heavy atom. The van der Waals surface area contributed by atoms with Crippen molar-refractivity contribution in [3.8, 4) is 17.0 Å². The summed E-state index contributed by atoms with van der Waals surface area (Å²) < 4.78 is 2.36. The minimum atomic E-state index is -0.0814. The third kappa shape index (κ3) is 1.84. The molecule has 0 saturated heterocycles. The highest BCUT2D eigenvalue weighted by Crippen LogP contribution is 2.36. The topological polar surface area (TPSA) is 42.2 Å². The van der Waals surface area contributed by atoms with Crippen molar-refractivity contribution in [3.63, 3.8) is 0 Å². The van der Waals surface area contributed by atoms with Crippen molar-refractivity contribution in [2.45, 2.75) is 0 Å². The van der Waals surface area contributed by atoms with Gasteiger partial charge in [0.05, 0.1) is 10.2 Å². The molecule has 1 heterocycles. The van der Waals surface area contributed by atoms with Gasteiger partial charge in [-0.25, -0.2) is 0 Å². The lowest BCUT2D eigenvalue weighted by Gasteiger charge is -2.14. The van der Waals surface area contributed by atoms with Gasteiger partial charge in [-0.1, -0.05) is 30.3 Å². The third-order valence-electron chi connectivity index (χ3n) is 3.40. The summed E-state index contributed by atoms with van der Waals surface area (Å²) in [6.07, 6.45) is 0. The number of benzene rings is 2. The van der Waals surface area contributed by atoms with Gasteiger partial charge in [0.15, 0.2) is 0 Å². The maximum absolute atomic E-state index is 12.4. The minimum absolute atomic E-state index is 0.0814. The summed E-state index contributed by atoms with van der Waals surface area (Å²) in [6, 6.07) is 14.4. The monoisotopic (exact) mass is 329 g/mol. The molecule has 3 nitrogen and oxygen atoms in total. The number of para-hydroxylation sites is 1. The van der Waals surface area contributed by atoms with Gasteiger partial charge in [0, 0.05) is 23.4 Å². The molecule has 20 heavy (non-hydrogen) atoms. The third-order valence-corrected chi connectivity index (χ3v) is 4.20. The number of rotatable bonds is 1. The molecule has 0 atom stereocenters. The molecular weight excluding hydrogens is 318 g/mol. The summed E-state index contributed by atoms with van der Waals surface area (Å²) >= 11 is 3.57.